The highest BCUT2D eigenvalue weighted by atomic mass is 32.2. The predicted molar refractivity (Wildman–Crippen MR) is 30.8 cm³/mol. The summed E-state index contributed by atoms with van der Waals surface area (Å²) >= 11 is -0.437. The zero-order chi connectivity index (χ0) is 4.41. The van der Waals surface area contributed by atoms with Crippen molar-refractivity contribution in [2.45, 2.75) is 0 Å². The van der Waals surface area contributed by atoms with Gasteiger partial charge in [-0.25, -0.2) is 0 Å². The Kier molecular flexibility index (Phi) is 0.939. The van der Waals surface area contributed by atoms with Gasteiger partial charge in [0.2, 0.25) is 0 Å². The van der Waals surface area contributed by atoms with Gasteiger partial charge in [0.05, 0.1) is 5.55 Å². The summed E-state index contributed by atoms with van der Waals surface area (Å²) in [5.74, 6) is 0. The molecule has 2 nitrogen and oxygen atoms in total. The third kappa shape index (κ3) is 0.609. The van der Waals surface area contributed by atoms with Crippen LogP contribution in [0.15, 0.2) is 16.6 Å². The lowest BCUT2D eigenvalue weighted by Crippen LogP contribution is -1.84. The molecule has 0 aromatic carbocycles. The molecule has 1 atom stereocenters. The van der Waals surface area contributed by atoms with Crippen LogP contribution in [0, 0.1) is 0 Å². The van der Waals surface area contributed by atoms with E-state index in [0.717, 1.165) is 0 Å². The van der Waals surface area contributed by atoms with Crippen LogP contribution in [0.1, 0.15) is 0 Å². The molecule has 0 amide bonds. The molecule has 2 N–H and O–H groups in total. The molecule has 1 aliphatic heterocycles. The largest absolute Gasteiger partial charge is 0.289 e. The Bertz CT molecular complexity index is 85.0. The lowest BCUT2D eigenvalue weighted by atomic mass is 11.1. The van der Waals surface area contributed by atoms with Crippen LogP contribution in [0.3, 0.4) is 0 Å². The molecular weight excluding hydrogens is 96.1 g/mol. The van der Waals surface area contributed by atoms with Gasteiger partial charge in [-0.2, -0.15) is 0 Å². The minimum Gasteiger partial charge on any atom is -0.289 e. The van der Waals surface area contributed by atoms with Crippen LogP contribution >= 0.6 is 11.1 Å². The van der Waals surface area contributed by atoms with Crippen molar-refractivity contribution < 1.29 is 0 Å². The quantitative estimate of drug-likeness (QED) is 0.426. The van der Waals surface area contributed by atoms with E-state index in [2.05, 4.69) is 4.99 Å². The van der Waals surface area contributed by atoms with E-state index in [-0.39, 0.29) is 0 Å². The molecule has 0 radical (unpaired) electrons. The first kappa shape index (κ1) is 3.89. The van der Waals surface area contributed by atoms with Crippen molar-refractivity contribution >= 4 is 16.6 Å². The highest BCUT2D eigenvalue weighted by molar-refractivity contribution is 8.29. The second-order valence-electron chi connectivity index (χ2n) is 1.01. The van der Waals surface area contributed by atoms with Crippen LogP contribution in [0.25, 0.3) is 0 Å². The van der Waals surface area contributed by atoms with Crippen molar-refractivity contribution in [3.63, 3.8) is 0 Å². The number of nitrogens with zero attached hydrogens (tertiary/aromatic N) is 1. The molecule has 0 aliphatic carbocycles. The third-order valence-electron chi connectivity index (χ3n) is 0.525. The standard InChI is InChI=1S/C3H6N2S/c4-6-2-1-5-3-6/h1-3,6H,4H2. The van der Waals surface area contributed by atoms with E-state index in [1.807, 2.05) is 5.41 Å². The molecule has 0 aromatic heterocycles. The lowest BCUT2D eigenvalue weighted by Gasteiger charge is -1.91. The normalized spacial score (nSPS) is 35.2. The van der Waals surface area contributed by atoms with Crippen molar-refractivity contribution in [1.29, 1.82) is 0 Å². The molecule has 0 bridgehead atoms. The van der Waals surface area contributed by atoms with Gasteiger partial charge in [-0.15, -0.1) is 11.1 Å². The van der Waals surface area contributed by atoms with Crippen molar-refractivity contribution in [3.05, 3.63) is 11.6 Å². The fourth-order valence-electron chi connectivity index (χ4n) is 0.269. The summed E-state index contributed by atoms with van der Waals surface area (Å²) in [6.45, 7) is 0. The minimum atomic E-state index is -0.437. The maximum atomic E-state index is 5.36. The summed E-state index contributed by atoms with van der Waals surface area (Å²) in [5.41, 5.74) is 1.76. The molecule has 6 heavy (non-hydrogen) atoms. The molecule has 1 rings (SSSR count). The number of rotatable bonds is 0. The van der Waals surface area contributed by atoms with E-state index in [1.54, 1.807) is 11.7 Å². The smallest absolute Gasteiger partial charge is 0.0556 e. The maximum absolute atomic E-state index is 5.36. The first-order chi connectivity index (χ1) is 2.89. The van der Waals surface area contributed by atoms with Crippen molar-refractivity contribution in [2.24, 2.45) is 10.1 Å². The van der Waals surface area contributed by atoms with Crippen LogP contribution in [0.4, 0.5) is 0 Å². The van der Waals surface area contributed by atoms with Gasteiger partial charge in [0.25, 0.3) is 0 Å². The van der Waals surface area contributed by atoms with Crippen LogP contribution < -0.4 is 5.14 Å². The van der Waals surface area contributed by atoms with Gasteiger partial charge in [-0.3, -0.25) is 10.1 Å². The second kappa shape index (κ2) is 1.45. The molecule has 1 unspecified atom stereocenters. The number of nitrogens with two attached hydrogens (primary N) is 1. The second-order valence-corrected chi connectivity index (χ2v) is 2.43. The number of hydrogen-bond acceptors (Lipinski definition) is 2. The van der Waals surface area contributed by atoms with Crippen molar-refractivity contribution in [3.8, 4) is 0 Å². The van der Waals surface area contributed by atoms with Crippen molar-refractivity contribution in [2.75, 3.05) is 0 Å². The first-order valence-corrected chi connectivity index (χ1v) is 3.17. The third-order valence-corrected chi connectivity index (χ3v) is 1.40. The predicted octanol–water partition coefficient (Wildman–Crippen LogP) is 0.374. The molecule has 34 valence electrons. The Labute approximate surface area is 39.2 Å². The van der Waals surface area contributed by atoms with E-state index in [0.29, 0.717) is 0 Å². The van der Waals surface area contributed by atoms with E-state index < -0.39 is 11.1 Å². The van der Waals surface area contributed by atoms with E-state index in [9.17, 15) is 0 Å². The van der Waals surface area contributed by atoms with E-state index in [1.165, 1.54) is 0 Å². The molecule has 0 saturated heterocycles. The van der Waals surface area contributed by atoms with Gasteiger partial charge in [-0.1, -0.05) is 0 Å². The summed E-state index contributed by atoms with van der Waals surface area (Å²) in [5, 5.41) is 7.26. The van der Waals surface area contributed by atoms with E-state index >= 15 is 0 Å². The molecule has 3 heteroatoms. The van der Waals surface area contributed by atoms with E-state index in [4.69, 9.17) is 5.14 Å². The Morgan fingerprint density at radius 3 is 2.67 bits per heavy atom. The molecule has 0 saturated carbocycles. The van der Waals surface area contributed by atoms with Crippen molar-refractivity contribution in [1.82, 2.24) is 0 Å². The molecule has 1 heterocycles. The Morgan fingerprint density at radius 1 is 1.67 bits per heavy atom. The van der Waals surface area contributed by atoms with Gasteiger partial charge in [0.15, 0.2) is 0 Å². The SMILES string of the molecule is N[SH]1C=CN=C1. The Morgan fingerprint density at radius 2 is 2.50 bits per heavy atom. The Hall–Kier alpha value is -0.280. The average Bonchev–Trinajstić information content (AvgIpc) is 1.86. The highest BCUT2D eigenvalue weighted by Crippen LogP contribution is 2.15. The van der Waals surface area contributed by atoms with Gasteiger partial charge in [0, 0.05) is 6.20 Å². The van der Waals surface area contributed by atoms with Gasteiger partial charge < -0.3 is 0 Å². The molecule has 0 aromatic rings. The minimum absolute atomic E-state index is 0.437. The zero-order valence-electron chi connectivity index (χ0n) is 3.20. The monoisotopic (exact) mass is 102 g/mol. The van der Waals surface area contributed by atoms with Crippen LogP contribution in [0.5, 0.6) is 0 Å². The van der Waals surface area contributed by atoms with Crippen LogP contribution in [-0.2, 0) is 0 Å². The van der Waals surface area contributed by atoms with Crippen LogP contribution in [0.2, 0.25) is 0 Å². The van der Waals surface area contributed by atoms with Gasteiger partial charge in [0.1, 0.15) is 0 Å². The first-order valence-electron chi connectivity index (χ1n) is 1.62. The summed E-state index contributed by atoms with van der Waals surface area (Å²) in [7, 11) is 0. The van der Waals surface area contributed by atoms with Gasteiger partial charge >= 0.3 is 0 Å². The number of aliphatic imine (C=N–C) groups is 1. The Balaban J connectivity index is 2.60. The molecule has 1 aliphatic rings. The lowest BCUT2D eigenvalue weighted by molar-refractivity contribution is 1.65. The fourth-order valence-corrected chi connectivity index (χ4v) is 0.808. The summed E-state index contributed by atoms with van der Waals surface area (Å²) in [6.07, 6.45) is 1.73. The zero-order valence-corrected chi connectivity index (χ0v) is 4.10. The number of hydrogen-bond donors (Lipinski definition) is 2. The molecule has 0 fully saturated rings. The highest BCUT2D eigenvalue weighted by Gasteiger charge is 1.85. The summed E-state index contributed by atoms with van der Waals surface area (Å²) < 4.78 is 0. The fraction of sp³-hybridized carbons (Fsp3) is 0. The van der Waals surface area contributed by atoms with Crippen LogP contribution in [-0.4, -0.2) is 5.55 Å². The number of thiol groups is 1. The summed E-state index contributed by atoms with van der Waals surface area (Å²) in [6, 6.07) is 0. The molecule has 0 spiro atoms. The average molecular weight is 102 g/mol. The topological polar surface area (TPSA) is 38.4 Å². The maximum Gasteiger partial charge on any atom is 0.0556 e. The summed E-state index contributed by atoms with van der Waals surface area (Å²) in [4.78, 5) is 3.76. The van der Waals surface area contributed by atoms with Gasteiger partial charge in [-0.05, 0) is 5.41 Å². The molecular formula is C3H6N2S.